The minimum atomic E-state index is -0.200. The molecule has 12 rings (SSSR count). The maximum atomic E-state index is 6.63. The van der Waals surface area contributed by atoms with Gasteiger partial charge in [0, 0.05) is 32.9 Å². The van der Waals surface area contributed by atoms with Crippen LogP contribution < -0.4 is 4.90 Å². The van der Waals surface area contributed by atoms with Crippen molar-refractivity contribution in [2.75, 3.05) is 4.90 Å². The lowest BCUT2D eigenvalue weighted by atomic mass is 9.81. The van der Waals surface area contributed by atoms with Gasteiger partial charge in [0.25, 0.3) is 0 Å². The maximum absolute atomic E-state index is 6.63. The van der Waals surface area contributed by atoms with Crippen LogP contribution in [0.5, 0.6) is 0 Å². The molecule has 1 heterocycles. The number of nitrogens with zero attached hydrogens (tertiary/aromatic N) is 1. The van der Waals surface area contributed by atoms with E-state index in [1.165, 1.54) is 66.0 Å². The van der Waals surface area contributed by atoms with Gasteiger partial charge in [-0.05, 0) is 114 Å². The third-order valence-electron chi connectivity index (χ3n) is 12.8. The van der Waals surface area contributed by atoms with Crippen molar-refractivity contribution in [1.82, 2.24) is 0 Å². The fraction of sp³-hybridized carbons (Fsp3) is 0.0526. The van der Waals surface area contributed by atoms with Gasteiger partial charge in [-0.15, -0.1) is 0 Å². The minimum Gasteiger partial charge on any atom is -0.455 e. The van der Waals surface area contributed by atoms with Gasteiger partial charge >= 0.3 is 0 Å². The largest absolute Gasteiger partial charge is 0.455 e. The van der Waals surface area contributed by atoms with E-state index in [9.17, 15) is 0 Å². The number of hydrogen-bond acceptors (Lipinski definition) is 2. The Morgan fingerprint density at radius 3 is 1.92 bits per heavy atom. The van der Waals surface area contributed by atoms with E-state index in [1.54, 1.807) is 0 Å². The zero-order valence-corrected chi connectivity index (χ0v) is 32.9. The first-order chi connectivity index (χ1) is 29.0. The molecule has 59 heavy (non-hydrogen) atoms. The summed E-state index contributed by atoms with van der Waals surface area (Å²) in [6.07, 6.45) is 0. The Balaban J connectivity index is 1.05. The van der Waals surface area contributed by atoms with Crippen molar-refractivity contribution in [3.8, 4) is 33.4 Å². The van der Waals surface area contributed by atoms with E-state index in [1.807, 2.05) is 0 Å². The lowest BCUT2D eigenvalue weighted by Gasteiger charge is -2.32. The van der Waals surface area contributed by atoms with Crippen molar-refractivity contribution in [3.05, 3.63) is 211 Å². The monoisotopic (exact) mass is 753 g/mol. The zero-order chi connectivity index (χ0) is 39.2. The predicted molar refractivity (Wildman–Crippen MR) is 249 cm³/mol. The molecule has 0 unspecified atom stereocenters. The van der Waals surface area contributed by atoms with E-state index in [4.69, 9.17) is 4.42 Å². The zero-order valence-electron chi connectivity index (χ0n) is 32.9. The highest BCUT2D eigenvalue weighted by Gasteiger charge is 2.38. The van der Waals surface area contributed by atoms with Gasteiger partial charge in [-0.2, -0.15) is 0 Å². The molecule has 2 nitrogen and oxygen atoms in total. The summed E-state index contributed by atoms with van der Waals surface area (Å²) in [6.45, 7) is 4.75. The van der Waals surface area contributed by atoms with Gasteiger partial charge in [0.2, 0.25) is 0 Å². The van der Waals surface area contributed by atoms with Gasteiger partial charge in [-0.3, -0.25) is 0 Å². The Labute approximate surface area is 343 Å². The van der Waals surface area contributed by atoms with E-state index in [0.29, 0.717) is 0 Å². The van der Waals surface area contributed by atoms with E-state index in [-0.39, 0.29) is 5.41 Å². The molecule has 278 valence electrons. The van der Waals surface area contributed by atoms with Crippen LogP contribution in [-0.2, 0) is 5.41 Å². The summed E-state index contributed by atoms with van der Waals surface area (Å²) in [6, 6.07) is 73.2. The molecule has 0 atom stereocenters. The Bertz CT molecular complexity index is 3480. The Kier molecular flexibility index (Phi) is 7.31. The molecule has 1 aliphatic rings. The molecule has 0 aliphatic heterocycles. The second-order valence-corrected chi connectivity index (χ2v) is 16.4. The smallest absolute Gasteiger partial charge is 0.143 e. The van der Waals surface area contributed by atoms with E-state index < -0.39 is 0 Å². The average Bonchev–Trinajstić information content (AvgIpc) is 3.79. The van der Waals surface area contributed by atoms with Crippen LogP contribution in [0.4, 0.5) is 17.1 Å². The number of rotatable bonds is 5. The number of fused-ring (bicyclic) bond motifs is 11. The maximum Gasteiger partial charge on any atom is 0.143 e. The molecule has 11 aromatic rings. The lowest BCUT2D eigenvalue weighted by Crippen LogP contribution is -2.20. The summed E-state index contributed by atoms with van der Waals surface area (Å²) < 4.78 is 6.63. The van der Waals surface area contributed by atoms with Crippen LogP contribution >= 0.6 is 0 Å². The molecule has 0 saturated heterocycles. The van der Waals surface area contributed by atoms with Crippen LogP contribution in [-0.4, -0.2) is 0 Å². The van der Waals surface area contributed by atoms with Crippen LogP contribution in [0, 0.1) is 0 Å². The molecule has 0 bridgehead atoms. The molecule has 10 aromatic carbocycles. The normalized spacial score (nSPS) is 13.1. The van der Waals surface area contributed by atoms with E-state index >= 15 is 0 Å². The van der Waals surface area contributed by atoms with Crippen molar-refractivity contribution < 1.29 is 4.42 Å². The molecule has 0 saturated carbocycles. The van der Waals surface area contributed by atoms with Crippen LogP contribution in [0.1, 0.15) is 25.0 Å². The molecule has 0 amide bonds. The molecular formula is C57H39NO. The first-order valence-electron chi connectivity index (χ1n) is 20.5. The Morgan fingerprint density at radius 1 is 0.407 bits per heavy atom. The fourth-order valence-electron chi connectivity index (χ4n) is 10.1. The third kappa shape index (κ3) is 5.06. The van der Waals surface area contributed by atoms with E-state index in [0.717, 1.165) is 49.8 Å². The van der Waals surface area contributed by atoms with Crippen LogP contribution in [0.25, 0.3) is 87.6 Å². The first-order valence-corrected chi connectivity index (χ1v) is 20.5. The van der Waals surface area contributed by atoms with Crippen molar-refractivity contribution in [1.29, 1.82) is 0 Å². The molecule has 2 heteroatoms. The number of anilines is 3. The number of benzene rings is 10. The summed E-state index contributed by atoms with van der Waals surface area (Å²) in [5.41, 5.74) is 15.1. The fourth-order valence-corrected chi connectivity index (χ4v) is 10.1. The number of furan rings is 1. The Morgan fingerprint density at radius 2 is 1.05 bits per heavy atom. The SMILES string of the molecule is CC1(C)c2ccccc2-c2cccc(N(c3ccc(-c4cccc5c4ccc4ccccc45)cc3)c3cccc(-c4cccc5oc6c7ccccc7ccc6c45)c3)c21. The summed E-state index contributed by atoms with van der Waals surface area (Å²) in [5.74, 6) is 0. The third-order valence-corrected chi connectivity index (χ3v) is 12.8. The number of hydrogen-bond donors (Lipinski definition) is 0. The van der Waals surface area contributed by atoms with Gasteiger partial charge < -0.3 is 9.32 Å². The van der Waals surface area contributed by atoms with Crippen molar-refractivity contribution in [2.24, 2.45) is 0 Å². The quantitative estimate of drug-likeness (QED) is 0.163. The van der Waals surface area contributed by atoms with Crippen molar-refractivity contribution in [3.63, 3.8) is 0 Å². The van der Waals surface area contributed by atoms with Crippen LogP contribution in [0.2, 0.25) is 0 Å². The molecule has 1 aromatic heterocycles. The van der Waals surface area contributed by atoms with Gasteiger partial charge in [0.05, 0.1) is 5.69 Å². The molecule has 0 fully saturated rings. The average molecular weight is 754 g/mol. The Hall–Kier alpha value is -7.42. The minimum absolute atomic E-state index is 0.200. The van der Waals surface area contributed by atoms with Crippen molar-refractivity contribution >= 4 is 71.3 Å². The first kappa shape index (κ1) is 33.7. The summed E-state index contributed by atoms with van der Waals surface area (Å²) in [7, 11) is 0. The standard InChI is InChI=1S/C57H39NO/c1-57(2)51-24-8-7-19-48(51)49-23-11-25-52(55(49)57)58(40-31-27-38(28-32-40)43-20-10-22-46-42-17-5-3-13-36(42)29-33-47(43)46)41-16-9-15-39(35-41)44-21-12-26-53-54(44)50-34-30-37-14-4-6-18-45(37)56(50)59-53/h3-35H,1-2H3. The van der Waals surface area contributed by atoms with Gasteiger partial charge in [-0.25, -0.2) is 0 Å². The molecule has 1 aliphatic carbocycles. The molecular weight excluding hydrogens is 715 g/mol. The highest BCUT2D eigenvalue weighted by atomic mass is 16.3. The van der Waals surface area contributed by atoms with E-state index in [2.05, 4.69) is 219 Å². The molecule has 0 spiro atoms. The van der Waals surface area contributed by atoms with Crippen LogP contribution in [0.3, 0.4) is 0 Å². The molecule has 0 radical (unpaired) electrons. The highest BCUT2D eigenvalue weighted by Crippen LogP contribution is 2.54. The van der Waals surface area contributed by atoms with Crippen molar-refractivity contribution in [2.45, 2.75) is 19.3 Å². The van der Waals surface area contributed by atoms with Gasteiger partial charge in [-0.1, -0.05) is 172 Å². The predicted octanol–water partition coefficient (Wildman–Crippen LogP) is 16.2. The van der Waals surface area contributed by atoms with Gasteiger partial charge in [0.1, 0.15) is 11.2 Å². The van der Waals surface area contributed by atoms with Gasteiger partial charge in [0.15, 0.2) is 0 Å². The molecule has 0 N–H and O–H groups in total. The summed E-state index contributed by atoms with van der Waals surface area (Å²) in [5, 5.41) is 9.67. The summed E-state index contributed by atoms with van der Waals surface area (Å²) in [4.78, 5) is 2.47. The van der Waals surface area contributed by atoms with Crippen LogP contribution in [0.15, 0.2) is 205 Å². The summed E-state index contributed by atoms with van der Waals surface area (Å²) >= 11 is 0. The lowest BCUT2D eigenvalue weighted by molar-refractivity contribution is 0.661. The second-order valence-electron chi connectivity index (χ2n) is 16.4. The highest BCUT2D eigenvalue weighted by molar-refractivity contribution is 6.19. The topological polar surface area (TPSA) is 16.4 Å². The second kappa shape index (κ2) is 12.8.